The van der Waals surface area contributed by atoms with Crippen LogP contribution in [-0.4, -0.2) is 47.1 Å². The summed E-state index contributed by atoms with van der Waals surface area (Å²) < 4.78 is 61.0. The van der Waals surface area contributed by atoms with E-state index >= 15 is 0 Å². The van der Waals surface area contributed by atoms with Crippen molar-refractivity contribution in [1.29, 1.82) is 0 Å². The van der Waals surface area contributed by atoms with Gasteiger partial charge in [-0.1, -0.05) is 0 Å². The molecule has 4 aromatic rings. The summed E-state index contributed by atoms with van der Waals surface area (Å²) in [6.45, 7) is 2.60. The maximum Gasteiger partial charge on any atom is 0.418 e. The topological polar surface area (TPSA) is 105 Å². The maximum absolute atomic E-state index is 14.1. The van der Waals surface area contributed by atoms with Crippen molar-refractivity contribution in [1.82, 2.24) is 34.7 Å². The third-order valence-corrected chi connectivity index (χ3v) is 5.41. The third kappa shape index (κ3) is 3.52. The van der Waals surface area contributed by atoms with Crippen molar-refractivity contribution in [3.05, 3.63) is 65.1 Å². The second kappa shape index (κ2) is 7.12. The van der Waals surface area contributed by atoms with Crippen molar-refractivity contribution in [2.75, 3.05) is 6.54 Å². The molecule has 4 aromatic heterocycles. The number of pyridine rings is 1. The van der Waals surface area contributed by atoms with Gasteiger partial charge in [0.2, 0.25) is 0 Å². The number of fused-ring (bicyclic) bond motifs is 2. The fourth-order valence-corrected chi connectivity index (χ4v) is 3.88. The Morgan fingerprint density at radius 1 is 1.24 bits per heavy atom. The zero-order valence-electron chi connectivity index (χ0n) is 17.4. The Bertz CT molecular complexity index is 1350. The third-order valence-electron chi connectivity index (χ3n) is 5.41. The number of alkyl halides is 4. The molecule has 0 bridgehead atoms. The second-order valence-electron chi connectivity index (χ2n) is 8.12. The number of hydrogen-bond acceptors (Lipinski definition) is 6. The first-order valence-corrected chi connectivity index (χ1v) is 9.95. The van der Waals surface area contributed by atoms with E-state index in [-0.39, 0.29) is 23.6 Å². The maximum atomic E-state index is 14.1. The number of H-pyrrole nitrogens is 1. The van der Waals surface area contributed by atoms with Gasteiger partial charge in [-0.2, -0.15) is 18.3 Å². The van der Waals surface area contributed by atoms with Crippen LogP contribution in [0, 0.1) is 0 Å². The number of amides is 1. The molecule has 13 heteroatoms. The first kappa shape index (κ1) is 21.1. The number of imidazole rings is 1. The Hall–Kier alpha value is -3.77. The zero-order chi connectivity index (χ0) is 23.5. The van der Waals surface area contributed by atoms with Crippen LogP contribution >= 0.6 is 0 Å². The van der Waals surface area contributed by atoms with Crippen LogP contribution in [0.2, 0.25) is 0 Å². The van der Waals surface area contributed by atoms with Gasteiger partial charge in [-0.05, 0) is 32.0 Å². The normalized spacial score (nSPS) is 16.9. The molecule has 0 unspecified atom stereocenters. The first-order valence-electron chi connectivity index (χ1n) is 9.95. The molecule has 1 aliphatic rings. The predicted molar refractivity (Wildman–Crippen MR) is 104 cm³/mol. The summed E-state index contributed by atoms with van der Waals surface area (Å²) >= 11 is 0. The molecule has 0 aromatic carbocycles. The summed E-state index contributed by atoms with van der Waals surface area (Å²) in [6.07, 6.45) is -1.34. The fraction of sp³-hybridized carbons (Fsp3) is 0.350. The molecule has 1 aliphatic heterocycles. The highest BCUT2D eigenvalue weighted by molar-refractivity contribution is 5.90. The summed E-state index contributed by atoms with van der Waals surface area (Å²) in [6, 6.07) is 2.57. The lowest BCUT2D eigenvalue weighted by molar-refractivity contribution is -0.136. The molecule has 1 amide bonds. The second-order valence-corrected chi connectivity index (χ2v) is 8.12. The lowest BCUT2D eigenvalue weighted by Crippen LogP contribution is -2.41. The molecule has 5 heterocycles. The zero-order valence-corrected chi connectivity index (χ0v) is 17.4. The average molecular weight is 463 g/mol. The summed E-state index contributed by atoms with van der Waals surface area (Å²) in [5.41, 5.74) is -1.61. The first-order chi connectivity index (χ1) is 15.5. The van der Waals surface area contributed by atoms with Crippen molar-refractivity contribution in [2.24, 2.45) is 0 Å². The molecular formula is C20H17F4N7O2. The van der Waals surface area contributed by atoms with E-state index in [1.165, 1.54) is 43.4 Å². The number of rotatable bonds is 3. The van der Waals surface area contributed by atoms with E-state index < -0.39 is 35.2 Å². The largest absolute Gasteiger partial charge is 0.418 e. The molecule has 0 aliphatic carbocycles. The van der Waals surface area contributed by atoms with Gasteiger partial charge in [-0.3, -0.25) is 4.79 Å². The van der Waals surface area contributed by atoms with Gasteiger partial charge in [0.25, 0.3) is 5.89 Å². The van der Waals surface area contributed by atoms with E-state index in [1.807, 2.05) is 0 Å². The average Bonchev–Trinajstić information content (AvgIpc) is 3.49. The molecule has 33 heavy (non-hydrogen) atoms. The summed E-state index contributed by atoms with van der Waals surface area (Å²) in [5.74, 6) is -1.49. The van der Waals surface area contributed by atoms with Crippen LogP contribution in [0.15, 0.2) is 35.1 Å². The van der Waals surface area contributed by atoms with Crippen LogP contribution in [0.4, 0.5) is 17.6 Å². The molecular weight excluding hydrogens is 446 g/mol. The molecule has 1 N–H and O–H groups in total. The molecule has 9 nitrogen and oxygen atoms in total. The van der Waals surface area contributed by atoms with E-state index in [1.54, 1.807) is 0 Å². The molecule has 0 spiro atoms. The van der Waals surface area contributed by atoms with Crippen molar-refractivity contribution in [3.63, 3.8) is 0 Å². The Morgan fingerprint density at radius 3 is 2.73 bits per heavy atom. The molecule has 0 saturated heterocycles. The van der Waals surface area contributed by atoms with Crippen LogP contribution in [0.5, 0.6) is 0 Å². The molecule has 0 radical (unpaired) electrons. The van der Waals surface area contributed by atoms with Crippen LogP contribution in [0.1, 0.15) is 59.1 Å². The smallest absolute Gasteiger partial charge is 0.413 e. The highest BCUT2D eigenvalue weighted by Gasteiger charge is 2.40. The number of carbonyl (C=O) groups excluding carboxylic acids is 1. The van der Waals surface area contributed by atoms with Gasteiger partial charge in [0.05, 0.1) is 28.8 Å². The van der Waals surface area contributed by atoms with E-state index in [4.69, 9.17) is 4.42 Å². The Kier molecular flexibility index (Phi) is 4.55. The molecule has 5 rings (SSSR count). The van der Waals surface area contributed by atoms with Gasteiger partial charge in [-0.15, -0.1) is 10.2 Å². The highest BCUT2D eigenvalue weighted by atomic mass is 19.4. The summed E-state index contributed by atoms with van der Waals surface area (Å²) in [5, 5.41) is 11.6. The van der Waals surface area contributed by atoms with Gasteiger partial charge in [0.1, 0.15) is 6.04 Å². The van der Waals surface area contributed by atoms with Gasteiger partial charge in [-0.25, -0.2) is 13.9 Å². The molecule has 0 saturated carbocycles. The standard InChI is InChI=1S/C20H17F4N7O2/c1-19(2,21)18-28-27-16(33-18)17(32)30-7-5-11-14(26-9-25-11)15(30)12-8-13-10(20(22,23)24)4-3-6-31(13)29-12/h3-4,6,8-9,15H,5,7H2,1-2H3,(H,25,26)/t15-/m0/s1. The lowest BCUT2D eigenvalue weighted by atomic mass is 9.99. The van der Waals surface area contributed by atoms with E-state index in [2.05, 4.69) is 25.3 Å². The Morgan fingerprint density at radius 2 is 2.03 bits per heavy atom. The van der Waals surface area contributed by atoms with Gasteiger partial charge in [0, 0.05) is 24.9 Å². The quantitative estimate of drug-likeness (QED) is 0.467. The summed E-state index contributed by atoms with van der Waals surface area (Å²) in [4.78, 5) is 21.9. The van der Waals surface area contributed by atoms with Crippen molar-refractivity contribution in [2.45, 2.75) is 38.2 Å². The van der Waals surface area contributed by atoms with Gasteiger partial charge < -0.3 is 14.3 Å². The van der Waals surface area contributed by atoms with Gasteiger partial charge in [0.15, 0.2) is 5.67 Å². The lowest BCUT2D eigenvalue weighted by Gasteiger charge is -2.32. The molecule has 0 fully saturated rings. The van der Waals surface area contributed by atoms with Crippen LogP contribution in [0.3, 0.4) is 0 Å². The van der Waals surface area contributed by atoms with Crippen LogP contribution in [-0.2, 0) is 18.3 Å². The van der Waals surface area contributed by atoms with Crippen molar-refractivity contribution < 1.29 is 26.8 Å². The van der Waals surface area contributed by atoms with E-state index in [0.29, 0.717) is 12.1 Å². The SMILES string of the molecule is CC(C)(F)c1nnc(C(=O)N2CCc3[nH]cnc3[C@@H]2c2cc3c(C(F)(F)F)cccn3n2)o1. The molecule has 172 valence electrons. The minimum Gasteiger partial charge on any atom is -0.413 e. The number of halogens is 4. The number of carbonyl (C=O) groups is 1. The van der Waals surface area contributed by atoms with Crippen LogP contribution < -0.4 is 0 Å². The number of aromatic amines is 1. The van der Waals surface area contributed by atoms with Gasteiger partial charge >= 0.3 is 18.0 Å². The van der Waals surface area contributed by atoms with Crippen molar-refractivity contribution in [3.8, 4) is 0 Å². The summed E-state index contributed by atoms with van der Waals surface area (Å²) in [7, 11) is 0. The Balaban J connectivity index is 1.61. The number of aromatic nitrogens is 6. The van der Waals surface area contributed by atoms with E-state index in [9.17, 15) is 22.4 Å². The Labute approximate surface area is 183 Å². The minimum absolute atomic E-state index is 0.158. The minimum atomic E-state index is -4.58. The number of hydrogen-bond donors (Lipinski definition) is 1. The fourth-order valence-electron chi connectivity index (χ4n) is 3.88. The predicted octanol–water partition coefficient (Wildman–Crippen LogP) is 3.45. The van der Waals surface area contributed by atoms with Crippen LogP contribution in [0.25, 0.3) is 5.52 Å². The number of nitrogens with zero attached hydrogens (tertiary/aromatic N) is 6. The van der Waals surface area contributed by atoms with E-state index in [0.717, 1.165) is 16.3 Å². The monoisotopic (exact) mass is 463 g/mol. The number of nitrogens with one attached hydrogen (secondary N) is 1. The van der Waals surface area contributed by atoms with Crippen molar-refractivity contribution >= 4 is 11.4 Å². The highest BCUT2D eigenvalue weighted by Crippen LogP contribution is 2.37. The molecule has 1 atom stereocenters.